The lowest BCUT2D eigenvalue weighted by Gasteiger charge is -2.17. The normalized spacial score (nSPS) is 10.1. The van der Waals surface area contributed by atoms with Crippen molar-refractivity contribution in [1.82, 2.24) is 10.3 Å². The molecule has 0 atom stereocenters. The molecule has 29 heavy (non-hydrogen) atoms. The number of amides is 1. The Labute approximate surface area is 168 Å². The van der Waals surface area contributed by atoms with E-state index in [0.29, 0.717) is 29.4 Å². The maximum Gasteiger partial charge on any atom is 0.239 e. The minimum atomic E-state index is -0.316. The molecule has 7 heteroatoms. The van der Waals surface area contributed by atoms with Gasteiger partial charge >= 0.3 is 0 Å². The van der Waals surface area contributed by atoms with Crippen molar-refractivity contribution in [2.75, 3.05) is 18.5 Å². The van der Waals surface area contributed by atoms with Gasteiger partial charge < -0.3 is 15.0 Å². The summed E-state index contributed by atoms with van der Waals surface area (Å²) in [5, 5.41) is 11.7. The predicted molar refractivity (Wildman–Crippen MR) is 107 cm³/mol. The standard InChI is InChI=1S/C22H19FN4O2/c1-27(21-11-4-17(12-24)14-25-21)15-22(28)26-13-16-2-7-19(8-3-16)29-20-9-5-18(23)6-10-20/h2-11,14H,13,15H2,1H3,(H,26,28). The monoisotopic (exact) mass is 390 g/mol. The molecule has 0 saturated carbocycles. The number of carbonyl (C=O) groups is 1. The summed E-state index contributed by atoms with van der Waals surface area (Å²) in [6, 6.07) is 18.4. The van der Waals surface area contributed by atoms with Gasteiger partial charge in [0.1, 0.15) is 29.2 Å². The van der Waals surface area contributed by atoms with E-state index in [1.54, 1.807) is 48.3 Å². The smallest absolute Gasteiger partial charge is 0.239 e. The van der Waals surface area contributed by atoms with Crippen molar-refractivity contribution in [3.05, 3.63) is 83.8 Å². The van der Waals surface area contributed by atoms with Crippen molar-refractivity contribution < 1.29 is 13.9 Å². The molecule has 0 saturated heterocycles. The summed E-state index contributed by atoms with van der Waals surface area (Å²) >= 11 is 0. The molecule has 0 spiro atoms. The van der Waals surface area contributed by atoms with Gasteiger partial charge in [0.15, 0.2) is 0 Å². The van der Waals surface area contributed by atoms with E-state index in [2.05, 4.69) is 10.3 Å². The highest BCUT2D eigenvalue weighted by atomic mass is 19.1. The highest BCUT2D eigenvalue weighted by Gasteiger charge is 2.09. The largest absolute Gasteiger partial charge is 0.457 e. The average Bonchev–Trinajstić information content (AvgIpc) is 2.75. The Hall–Kier alpha value is -3.92. The molecule has 3 rings (SSSR count). The quantitative estimate of drug-likeness (QED) is 0.666. The molecule has 1 amide bonds. The van der Waals surface area contributed by atoms with E-state index in [1.807, 2.05) is 18.2 Å². The molecule has 1 heterocycles. The van der Waals surface area contributed by atoms with Crippen molar-refractivity contribution in [2.24, 2.45) is 0 Å². The molecule has 0 aliphatic heterocycles. The summed E-state index contributed by atoms with van der Waals surface area (Å²) in [6.07, 6.45) is 1.47. The van der Waals surface area contributed by atoms with Gasteiger partial charge in [0, 0.05) is 19.8 Å². The van der Waals surface area contributed by atoms with E-state index in [1.165, 1.54) is 18.3 Å². The number of rotatable bonds is 7. The zero-order chi connectivity index (χ0) is 20.6. The number of aromatic nitrogens is 1. The Balaban J connectivity index is 1.48. The van der Waals surface area contributed by atoms with Gasteiger partial charge in [-0.2, -0.15) is 5.26 Å². The van der Waals surface area contributed by atoms with Crippen molar-refractivity contribution >= 4 is 11.7 Å². The molecule has 0 unspecified atom stereocenters. The van der Waals surface area contributed by atoms with Crippen LogP contribution in [0.2, 0.25) is 0 Å². The maximum atomic E-state index is 12.9. The van der Waals surface area contributed by atoms with E-state index < -0.39 is 0 Å². The lowest BCUT2D eigenvalue weighted by Crippen LogP contribution is -2.35. The number of likely N-dealkylation sites (N-methyl/N-ethyl adjacent to an activating group) is 1. The summed E-state index contributed by atoms with van der Waals surface area (Å²) in [4.78, 5) is 18.0. The van der Waals surface area contributed by atoms with Gasteiger partial charge in [-0.3, -0.25) is 4.79 Å². The second kappa shape index (κ2) is 9.33. The Kier molecular flexibility index (Phi) is 6.38. The lowest BCUT2D eigenvalue weighted by atomic mass is 10.2. The van der Waals surface area contributed by atoms with Gasteiger partial charge in [0.2, 0.25) is 5.91 Å². The van der Waals surface area contributed by atoms with Crippen LogP contribution in [0, 0.1) is 17.1 Å². The molecule has 0 aliphatic carbocycles. The lowest BCUT2D eigenvalue weighted by molar-refractivity contribution is -0.119. The third-order valence-corrected chi connectivity index (χ3v) is 4.11. The fraction of sp³-hybridized carbons (Fsp3) is 0.136. The molecular weight excluding hydrogens is 371 g/mol. The number of carbonyl (C=O) groups excluding carboxylic acids is 1. The fourth-order valence-electron chi connectivity index (χ4n) is 2.55. The van der Waals surface area contributed by atoms with E-state index >= 15 is 0 Å². The number of hydrogen-bond donors (Lipinski definition) is 1. The highest BCUT2D eigenvalue weighted by molar-refractivity contribution is 5.80. The Morgan fingerprint density at radius 1 is 1.10 bits per heavy atom. The number of anilines is 1. The molecule has 0 bridgehead atoms. The van der Waals surface area contributed by atoms with E-state index in [4.69, 9.17) is 10.00 Å². The first-order chi connectivity index (χ1) is 14.0. The molecule has 0 fully saturated rings. The first kappa shape index (κ1) is 19.8. The van der Waals surface area contributed by atoms with Crippen LogP contribution in [0.3, 0.4) is 0 Å². The van der Waals surface area contributed by atoms with Gasteiger partial charge in [0.25, 0.3) is 0 Å². The molecule has 0 aliphatic rings. The summed E-state index contributed by atoms with van der Waals surface area (Å²) in [7, 11) is 1.76. The summed E-state index contributed by atoms with van der Waals surface area (Å²) in [5.74, 6) is 1.32. The van der Waals surface area contributed by atoms with E-state index in [-0.39, 0.29) is 18.3 Å². The predicted octanol–water partition coefficient (Wildman–Crippen LogP) is 3.64. The molecule has 2 aromatic carbocycles. The average molecular weight is 390 g/mol. The number of ether oxygens (including phenoxy) is 1. The van der Waals surface area contributed by atoms with E-state index in [0.717, 1.165) is 5.56 Å². The third kappa shape index (κ3) is 5.78. The number of pyridine rings is 1. The summed E-state index contributed by atoms with van der Waals surface area (Å²) in [5.41, 5.74) is 1.39. The number of nitriles is 1. The van der Waals surface area contributed by atoms with Crippen LogP contribution in [0.1, 0.15) is 11.1 Å². The Bertz CT molecular complexity index is 997. The first-order valence-electron chi connectivity index (χ1n) is 8.90. The Morgan fingerprint density at radius 3 is 2.34 bits per heavy atom. The van der Waals surface area contributed by atoms with Crippen LogP contribution in [0.5, 0.6) is 11.5 Å². The summed E-state index contributed by atoms with van der Waals surface area (Å²) < 4.78 is 18.6. The number of hydrogen-bond acceptors (Lipinski definition) is 5. The molecule has 3 aromatic rings. The van der Waals surface area contributed by atoms with Crippen molar-refractivity contribution in [2.45, 2.75) is 6.54 Å². The highest BCUT2D eigenvalue weighted by Crippen LogP contribution is 2.21. The van der Waals surface area contributed by atoms with Crippen LogP contribution in [-0.2, 0) is 11.3 Å². The van der Waals surface area contributed by atoms with Crippen molar-refractivity contribution in [1.29, 1.82) is 5.26 Å². The zero-order valence-electron chi connectivity index (χ0n) is 15.8. The number of nitrogens with one attached hydrogen (secondary N) is 1. The fourth-order valence-corrected chi connectivity index (χ4v) is 2.55. The first-order valence-corrected chi connectivity index (χ1v) is 8.90. The van der Waals surface area contributed by atoms with Gasteiger partial charge in [-0.25, -0.2) is 9.37 Å². The van der Waals surface area contributed by atoms with Crippen LogP contribution in [-0.4, -0.2) is 24.5 Å². The van der Waals surface area contributed by atoms with Crippen LogP contribution < -0.4 is 15.0 Å². The Morgan fingerprint density at radius 2 is 1.76 bits per heavy atom. The second-order valence-corrected chi connectivity index (χ2v) is 6.35. The molecule has 0 radical (unpaired) electrons. The number of nitrogens with zero attached hydrogens (tertiary/aromatic N) is 3. The second-order valence-electron chi connectivity index (χ2n) is 6.35. The van der Waals surface area contributed by atoms with Crippen molar-refractivity contribution in [3.63, 3.8) is 0 Å². The molecule has 1 aromatic heterocycles. The van der Waals surface area contributed by atoms with Gasteiger partial charge in [-0.1, -0.05) is 12.1 Å². The maximum absolute atomic E-state index is 12.9. The molecule has 146 valence electrons. The third-order valence-electron chi connectivity index (χ3n) is 4.11. The van der Waals surface area contributed by atoms with Gasteiger partial charge in [-0.15, -0.1) is 0 Å². The van der Waals surface area contributed by atoms with Crippen LogP contribution in [0.15, 0.2) is 66.9 Å². The SMILES string of the molecule is CN(CC(=O)NCc1ccc(Oc2ccc(F)cc2)cc1)c1ccc(C#N)cn1. The number of benzene rings is 2. The number of halogens is 1. The minimum absolute atomic E-state index is 0.144. The summed E-state index contributed by atoms with van der Waals surface area (Å²) in [6.45, 7) is 0.523. The zero-order valence-corrected chi connectivity index (χ0v) is 15.8. The van der Waals surface area contributed by atoms with Crippen molar-refractivity contribution in [3.8, 4) is 17.6 Å². The van der Waals surface area contributed by atoms with Gasteiger partial charge in [0.05, 0.1) is 12.1 Å². The molecular formula is C22H19FN4O2. The topological polar surface area (TPSA) is 78.3 Å². The van der Waals surface area contributed by atoms with Crippen LogP contribution >= 0.6 is 0 Å². The van der Waals surface area contributed by atoms with Gasteiger partial charge in [-0.05, 0) is 54.1 Å². The van der Waals surface area contributed by atoms with Crippen LogP contribution in [0.25, 0.3) is 0 Å². The van der Waals surface area contributed by atoms with E-state index in [9.17, 15) is 9.18 Å². The van der Waals surface area contributed by atoms with Crippen LogP contribution in [0.4, 0.5) is 10.2 Å². The molecule has 1 N–H and O–H groups in total. The molecule has 6 nitrogen and oxygen atoms in total. The minimum Gasteiger partial charge on any atom is -0.457 e.